The maximum absolute atomic E-state index is 6.58. The molecule has 170 valence electrons. The van der Waals surface area contributed by atoms with Crippen molar-refractivity contribution >= 4 is 9.24 Å². The summed E-state index contributed by atoms with van der Waals surface area (Å²) in [4.78, 5) is 0. The Kier molecular flexibility index (Phi) is 7.48. The van der Waals surface area contributed by atoms with Crippen LogP contribution in [0.4, 0.5) is 0 Å². The van der Waals surface area contributed by atoms with E-state index in [9.17, 15) is 0 Å². The van der Waals surface area contributed by atoms with E-state index in [4.69, 9.17) is 14.2 Å². The summed E-state index contributed by atoms with van der Waals surface area (Å²) in [6, 6.07) is 0. The Balaban J connectivity index is 1.37. The van der Waals surface area contributed by atoms with Gasteiger partial charge in [0.05, 0.1) is 11.2 Å². The van der Waals surface area contributed by atoms with Crippen molar-refractivity contribution in [2.24, 2.45) is 0 Å². The van der Waals surface area contributed by atoms with Crippen LogP contribution in [-0.4, -0.2) is 27.9 Å². The molecular weight excluding hydrogens is 379 g/mol. The Morgan fingerprint density at radius 3 is 1.38 bits per heavy atom. The summed E-state index contributed by atoms with van der Waals surface area (Å²) in [7, 11) is 3.19. The summed E-state index contributed by atoms with van der Waals surface area (Å²) in [5, 5.41) is -0.0404. The lowest BCUT2D eigenvalue weighted by atomic mass is 9.62. The van der Waals surface area contributed by atoms with E-state index in [1.54, 1.807) is 0 Å². The molecule has 5 unspecified atom stereocenters. The number of hydrogen-bond acceptors (Lipinski definition) is 3. The zero-order valence-electron chi connectivity index (χ0n) is 19.9. The molecule has 4 saturated heterocycles. The molecule has 0 amide bonds. The van der Waals surface area contributed by atoms with Gasteiger partial charge in [-0.25, -0.2) is 0 Å². The predicted octanol–water partition coefficient (Wildman–Crippen LogP) is 7.51. The van der Waals surface area contributed by atoms with E-state index < -0.39 is 11.6 Å². The van der Waals surface area contributed by atoms with Crippen molar-refractivity contribution in [3.63, 3.8) is 0 Å². The normalized spacial score (nSPS) is 43.2. The van der Waals surface area contributed by atoms with Gasteiger partial charge in [-0.3, -0.25) is 0 Å². The molecule has 29 heavy (non-hydrogen) atoms. The van der Waals surface area contributed by atoms with E-state index in [2.05, 4.69) is 43.9 Å². The SMILES string of the molecule is CCCCCCCCCCCCCCC1(P)C2(C)CC3(C)OC(C)(CC1(C)O3)O2. The quantitative estimate of drug-likeness (QED) is 0.225. The second-order valence-corrected chi connectivity index (χ2v) is 12.0. The van der Waals surface area contributed by atoms with E-state index in [1.807, 2.05) is 0 Å². The highest BCUT2D eigenvalue weighted by Crippen LogP contribution is 2.67. The zero-order chi connectivity index (χ0) is 21.2. The first kappa shape index (κ1) is 24.0. The fourth-order valence-electron chi connectivity index (χ4n) is 6.72. The van der Waals surface area contributed by atoms with Gasteiger partial charge in [0.2, 0.25) is 0 Å². The van der Waals surface area contributed by atoms with Gasteiger partial charge in [0, 0.05) is 18.0 Å². The topological polar surface area (TPSA) is 27.7 Å². The minimum atomic E-state index is -0.509. The van der Waals surface area contributed by atoms with Crippen molar-refractivity contribution in [1.29, 1.82) is 0 Å². The summed E-state index contributed by atoms with van der Waals surface area (Å²) in [6.07, 6.45) is 19.5. The van der Waals surface area contributed by atoms with E-state index in [0.717, 1.165) is 19.3 Å². The van der Waals surface area contributed by atoms with Crippen molar-refractivity contribution in [2.75, 3.05) is 0 Å². The molecule has 0 saturated carbocycles. The lowest BCUT2D eigenvalue weighted by Crippen LogP contribution is -2.82. The summed E-state index contributed by atoms with van der Waals surface area (Å²) < 4.78 is 19.3. The molecule has 0 aliphatic carbocycles. The maximum atomic E-state index is 6.58. The molecule has 0 radical (unpaired) electrons. The van der Waals surface area contributed by atoms with Gasteiger partial charge < -0.3 is 14.2 Å². The summed E-state index contributed by atoms with van der Waals surface area (Å²) in [5.74, 6) is -1.02. The molecule has 0 N–H and O–H groups in total. The molecule has 4 aliphatic heterocycles. The third-order valence-corrected chi connectivity index (χ3v) is 9.45. The highest BCUT2D eigenvalue weighted by atomic mass is 31.0. The molecule has 5 atom stereocenters. The Morgan fingerprint density at radius 2 is 0.966 bits per heavy atom. The summed E-state index contributed by atoms with van der Waals surface area (Å²) in [6.45, 7) is 11.1. The fourth-order valence-corrected chi connectivity index (χ4v) is 7.25. The summed E-state index contributed by atoms with van der Waals surface area (Å²) >= 11 is 0. The van der Waals surface area contributed by atoms with Crippen molar-refractivity contribution in [3.05, 3.63) is 0 Å². The van der Waals surface area contributed by atoms with Gasteiger partial charge in [0.15, 0.2) is 11.6 Å². The van der Waals surface area contributed by atoms with E-state index >= 15 is 0 Å². The first-order valence-electron chi connectivity index (χ1n) is 12.5. The van der Waals surface area contributed by atoms with Crippen molar-refractivity contribution in [3.8, 4) is 0 Å². The average Bonchev–Trinajstić information content (AvgIpc) is 2.58. The number of rotatable bonds is 13. The van der Waals surface area contributed by atoms with Crippen LogP contribution in [-0.2, 0) is 14.2 Å². The van der Waals surface area contributed by atoms with Gasteiger partial charge in [-0.15, -0.1) is 9.24 Å². The lowest BCUT2D eigenvalue weighted by molar-refractivity contribution is -0.521. The Hall–Kier alpha value is 0.310. The number of hydrogen-bond donors (Lipinski definition) is 0. The van der Waals surface area contributed by atoms with Gasteiger partial charge in [-0.1, -0.05) is 84.0 Å². The van der Waals surface area contributed by atoms with Gasteiger partial charge in [-0.05, 0) is 34.1 Å². The zero-order valence-corrected chi connectivity index (χ0v) is 21.1. The van der Waals surface area contributed by atoms with Crippen molar-refractivity contribution < 1.29 is 14.2 Å². The molecule has 0 aromatic rings. The van der Waals surface area contributed by atoms with E-state index in [1.165, 1.54) is 77.0 Å². The second kappa shape index (κ2) is 9.05. The highest BCUT2D eigenvalue weighted by molar-refractivity contribution is 7.19. The van der Waals surface area contributed by atoms with Crippen LogP contribution in [0, 0.1) is 0 Å². The van der Waals surface area contributed by atoms with Crippen LogP contribution >= 0.6 is 9.24 Å². The van der Waals surface area contributed by atoms with Crippen LogP contribution < -0.4 is 0 Å². The number of unbranched alkanes of at least 4 members (excludes halogenated alkanes) is 11. The molecule has 0 spiro atoms. The first-order valence-corrected chi connectivity index (χ1v) is 13.1. The van der Waals surface area contributed by atoms with Gasteiger partial charge in [0.25, 0.3) is 0 Å². The molecule has 0 aromatic heterocycles. The minimum Gasteiger partial charge on any atom is -0.343 e. The molecule has 4 heteroatoms. The molecule has 4 fully saturated rings. The van der Waals surface area contributed by atoms with Crippen LogP contribution in [0.25, 0.3) is 0 Å². The predicted molar refractivity (Wildman–Crippen MR) is 124 cm³/mol. The Labute approximate surface area is 182 Å². The maximum Gasteiger partial charge on any atom is 0.172 e. The van der Waals surface area contributed by atoms with E-state index in [0.29, 0.717) is 0 Å². The van der Waals surface area contributed by atoms with Crippen LogP contribution in [0.15, 0.2) is 0 Å². The standard InChI is InChI=1S/C25H47O3P/c1-6-7-8-9-10-11-12-13-14-15-16-17-18-25(29)21(2)19-23(4)27-22(25,3)20-24(5,26-21)28-23/h6-20,29H2,1-5H3. The smallest absolute Gasteiger partial charge is 0.172 e. The van der Waals surface area contributed by atoms with Crippen LogP contribution in [0.2, 0.25) is 0 Å². The third kappa shape index (κ3) is 4.89. The van der Waals surface area contributed by atoms with E-state index in [-0.39, 0.29) is 16.4 Å². The highest BCUT2D eigenvalue weighted by Gasteiger charge is 2.75. The van der Waals surface area contributed by atoms with Crippen LogP contribution in [0.1, 0.15) is 131 Å². The van der Waals surface area contributed by atoms with Crippen molar-refractivity contribution in [1.82, 2.24) is 0 Å². The number of ether oxygens (including phenoxy) is 3. The molecule has 4 bridgehead atoms. The van der Waals surface area contributed by atoms with Crippen LogP contribution in [0.3, 0.4) is 0 Å². The van der Waals surface area contributed by atoms with Gasteiger partial charge >= 0.3 is 0 Å². The second-order valence-electron chi connectivity index (χ2n) is 11.0. The molecule has 4 heterocycles. The van der Waals surface area contributed by atoms with Crippen molar-refractivity contribution in [2.45, 2.75) is 159 Å². The monoisotopic (exact) mass is 426 g/mol. The minimum absolute atomic E-state index is 0.0404. The lowest BCUT2D eigenvalue weighted by Gasteiger charge is -2.73. The first-order chi connectivity index (χ1) is 13.6. The Morgan fingerprint density at radius 1 is 0.586 bits per heavy atom. The molecule has 4 rings (SSSR count). The largest absolute Gasteiger partial charge is 0.343 e. The molecule has 4 aliphatic rings. The average molecular weight is 427 g/mol. The summed E-state index contributed by atoms with van der Waals surface area (Å²) in [5.41, 5.74) is -0.412. The Bertz CT molecular complexity index is 504. The molecule has 3 nitrogen and oxygen atoms in total. The fraction of sp³-hybridized carbons (Fsp3) is 1.00. The third-order valence-electron chi connectivity index (χ3n) is 7.94. The van der Waals surface area contributed by atoms with Crippen LogP contribution in [0.5, 0.6) is 0 Å². The van der Waals surface area contributed by atoms with Gasteiger partial charge in [0.1, 0.15) is 0 Å². The molecule has 0 aromatic carbocycles. The van der Waals surface area contributed by atoms with Gasteiger partial charge in [-0.2, -0.15) is 0 Å². The molecular formula is C25H47O3P.